The maximum Gasteiger partial charge on any atom is 0.264 e. The van der Waals surface area contributed by atoms with Gasteiger partial charge in [-0.3, -0.25) is 4.31 Å². The lowest BCUT2D eigenvalue weighted by atomic mass is 10.2. The van der Waals surface area contributed by atoms with E-state index in [1.54, 1.807) is 69.7 Å². The van der Waals surface area contributed by atoms with Gasteiger partial charge in [-0.1, -0.05) is 23.8 Å². The normalized spacial score (nSPS) is 11.3. The van der Waals surface area contributed by atoms with Crippen molar-refractivity contribution in [2.24, 2.45) is 0 Å². The van der Waals surface area contributed by atoms with Gasteiger partial charge >= 0.3 is 0 Å². The quantitative estimate of drug-likeness (QED) is 0.339. The number of hydrogen-bond acceptors (Lipinski definition) is 6. The highest BCUT2D eigenvalue weighted by atomic mass is 32.2. The summed E-state index contributed by atoms with van der Waals surface area (Å²) < 4.78 is 45.2. The van der Waals surface area contributed by atoms with Crippen LogP contribution in [0.15, 0.2) is 82.1 Å². The Bertz CT molecular complexity index is 1380. The molecule has 0 spiro atoms. The molecule has 8 heteroatoms. The molecule has 4 aromatic rings. The third-order valence-corrected chi connectivity index (χ3v) is 7.26. The molecule has 4 rings (SSSR count). The minimum absolute atomic E-state index is 0.00509. The second-order valence-electron chi connectivity index (χ2n) is 7.78. The van der Waals surface area contributed by atoms with Crippen molar-refractivity contribution in [3.05, 3.63) is 89.8 Å². The lowest BCUT2D eigenvalue weighted by Gasteiger charge is -2.24. The SMILES string of the molecule is COc1ccc(-c2nc(CN(c3cccc(OC)c3)S(=O)(=O)c3ccc(C)cc3)c(C)o2)cc1. The second kappa shape index (κ2) is 9.61. The molecule has 1 heterocycles. The molecule has 1 aromatic heterocycles. The van der Waals surface area contributed by atoms with Gasteiger partial charge in [-0.15, -0.1) is 0 Å². The molecule has 0 radical (unpaired) electrons. The molecule has 3 aromatic carbocycles. The first kappa shape index (κ1) is 23.4. The fraction of sp³-hybridized carbons (Fsp3) is 0.192. The number of anilines is 1. The van der Waals surface area contributed by atoms with E-state index < -0.39 is 10.0 Å². The molecular formula is C26H26N2O5S. The Kier molecular flexibility index (Phi) is 6.61. The van der Waals surface area contributed by atoms with E-state index in [-0.39, 0.29) is 11.4 Å². The van der Waals surface area contributed by atoms with Gasteiger partial charge in [0, 0.05) is 11.6 Å². The summed E-state index contributed by atoms with van der Waals surface area (Å²) in [6.45, 7) is 3.68. The maximum atomic E-state index is 13.7. The molecule has 0 unspecified atom stereocenters. The van der Waals surface area contributed by atoms with E-state index in [0.717, 1.165) is 16.9 Å². The van der Waals surface area contributed by atoms with Gasteiger partial charge < -0.3 is 13.9 Å². The number of aryl methyl sites for hydroxylation is 2. The summed E-state index contributed by atoms with van der Waals surface area (Å²) >= 11 is 0. The lowest BCUT2D eigenvalue weighted by molar-refractivity contribution is 0.414. The highest BCUT2D eigenvalue weighted by Gasteiger charge is 2.28. The summed E-state index contributed by atoms with van der Waals surface area (Å²) in [5.41, 5.74) is 2.73. The van der Waals surface area contributed by atoms with E-state index in [9.17, 15) is 8.42 Å². The molecule has 7 nitrogen and oxygen atoms in total. The predicted octanol–water partition coefficient (Wildman–Crippen LogP) is 5.37. The highest BCUT2D eigenvalue weighted by molar-refractivity contribution is 7.92. The van der Waals surface area contributed by atoms with E-state index >= 15 is 0 Å². The monoisotopic (exact) mass is 478 g/mol. The van der Waals surface area contributed by atoms with E-state index in [0.29, 0.717) is 28.8 Å². The van der Waals surface area contributed by atoms with Crippen LogP contribution in [0.5, 0.6) is 11.5 Å². The lowest BCUT2D eigenvalue weighted by Crippen LogP contribution is -2.31. The zero-order chi connectivity index (χ0) is 24.3. The van der Waals surface area contributed by atoms with Crippen LogP contribution in [0.25, 0.3) is 11.5 Å². The molecule has 0 bridgehead atoms. The van der Waals surface area contributed by atoms with Gasteiger partial charge in [0.1, 0.15) is 23.0 Å². The van der Waals surface area contributed by atoms with Crippen molar-refractivity contribution in [1.82, 2.24) is 4.98 Å². The molecule has 0 saturated heterocycles. The van der Waals surface area contributed by atoms with Gasteiger partial charge in [0.15, 0.2) is 0 Å². The first-order chi connectivity index (χ1) is 16.3. The van der Waals surface area contributed by atoms with Crippen molar-refractivity contribution in [2.45, 2.75) is 25.3 Å². The van der Waals surface area contributed by atoms with Crippen molar-refractivity contribution in [2.75, 3.05) is 18.5 Å². The average Bonchev–Trinajstić information content (AvgIpc) is 3.23. The third kappa shape index (κ3) is 4.77. The van der Waals surface area contributed by atoms with Crippen LogP contribution in [0.2, 0.25) is 0 Å². The highest BCUT2D eigenvalue weighted by Crippen LogP contribution is 2.31. The Morgan fingerprint density at radius 1 is 0.882 bits per heavy atom. The summed E-state index contributed by atoms with van der Waals surface area (Å²) in [5.74, 6) is 2.23. The summed E-state index contributed by atoms with van der Waals surface area (Å²) in [6, 6.07) is 21.0. The van der Waals surface area contributed by atoms with Crippen molar-refractivity contribution < 1.29 is 22.3 Å². The Labute approximate surface area is 199 Å². The van der Waals surface area contributed by atoms with Crippen LogP contribution in [0, 0.1) is 13.8 Å². The van der Waals surface area contributed by atoms with Crippen LogP contribution < -0.4 is 13.8 Å². The number of aromatic nitrogens is 1. The molecule has 0 fully saturated rings. The van der Waals surface area contributed by atoms with Crippen molar-refractivity contribution >= 4 is 15.7 Å². The first-order valence-electron chi connectivity index (χ1n) is 10.7. The summed E-state index contributed by atoms with van der Waals surface area (Å²) in [7, 11) is -0.752. The molecule has 0 atom stereocenters. The standard InChI is InChI=1S/C26H26N2O5S/c1-18-8-14-24(15-9-18)34(29,30)28(21-6-5-7-23(16-21)32-4)17-25-19(2)33-26(27-25)20-10-12-22(31-3)13-11-20/h5-16H,17H2,1-4H3. The van der Waals surface area contributed by atoms with Gasteiger partial charge in [0.2, 0.25) is 5.89 Å². The van der Waals surface area contributed by atoms with Crippen LogP contribution in [0.3, 0.4) is 0 Å². The number of methoxy groups -OCH3 is 2. The molecule has 176 valence electrons. The molecule has 0 aliphatic rings. The number of hydrogen-bond donors (Lipinski definition) is 0. The van der Waals surface area contributed by atoms with Crippen LogP contribution in [0.1, 0.15) is 17.0 Å². The smallest absolute Gasteiger partial charge is 0.264 e. The van der Waals surface area contributed by atoms with Crippen molar-refractivity contribution in [1.29, 1.82) is 0 Å². The van der Waals surface area contributed by atoms with Crippen molar-refractivity contribution in [3.8, 4) is 23.0 Å². The largest absolute Gasteiger partial charge is 0.497 e. The minimum atomic E-state index is -3.90. The average molecular weight is 479 g/mol. The Morgan fingerprint density at radius 3 is 2.21 bits per heavy atom. The Balaban J connectivity index is 1.75. The van der Waals surface area contributed by atoms with Crippen molar-refractivity contribution in [3.63, 3.8) is 0 Å². The predicted molar refractivity (Wildman–Crippen MR) is 131 cm³/mol. The number of oxazole rings is 1. The molecule has 0 amide bonds. The van der Waals surface area contributed by atoms with Crippen LogP contribution in [-0.2, 0) is 16.6 Å². The van der Waals surface area contributed by atoms with Crippen LogP contribution in [0.4, 0.5) is 5.69 Å². The topological polar surface area (TPSA) is 81.9 Å². The number of benzene rings is 3. The van der Waals surface area contributed by atoms with Crippen LogP contribution >= 0.6 is 0 Å². The van der Waals surface area contributed by atoms with Gasteiger partial charge in [0.25, 0.3) is 10.0 Å². The molecule has 0 aliphatic heterocycles. The van der Waals surface area contributed by atoms with E-state index in [2.05, 4.69) is 4.98 Å². The second-order valence-corrected chi connectivity index (χ2v) is 9.64. The fourth-order valence-corrected chi connectivity index (χ4v) is 4.90. The van der Waals surface area contributed by atoms with Crippen LogP contribution in [-0.4, -0.2) is 27.6 Å². The van der Waals surface area contributed by atoms with E-state index in [4.69, 9.17) is 13.9 Å². The van der Waals surface area contributed by atoms with Gasteiger partial charge in [-0.2, -0.15) is 0 Å². The summed E-state index contributed by atoms with van der Waals surface area (Å²) in [5, 5.41) is 0. The number of rotatable bonds is 8. The first-order valence-corrected chi connectivity index (χ1v) is 12.1. The fourth-order valence-electron chi connectivity index (χ4n) is 3.49. The molecule has 34 heavy (non-hydrogen) atoms. The molecule has 0 N–H and O–H groups in total. The third-order valence-electron chi connectivity index (χ3n) is 5.47. The van der Waals surface area contributed by atoms with E-state index in [1.807, 2.05) is 31.2 Å². The zero-order valence-corrected chi connectivity index (χ0v) is 20.3. The molecule has 0 saturated carbocycles. The zero-order valence-electron chi connectivity index (χ0n) is 19.5. The summed E-state index contributed by atoms with van der Waals surface area (Å²) in [4.78, 5) is 4.81. The molecular weight excluding hydrogens is 452 g/mol. The Morgan fingerprint density at radius 2 is 1.56 bits per heavy atom. The van der Waals surface area contributed by atoms with Gasteiger partial charge in [-0.25, -0.2) is 13.4 Å². The van der Waals surface area contributed by atoms with E-state index in [1.165, 1.54) is 4.31 Å². The van der Waals surface area contributed by atoms with Gasteiger partial charge in [-0.05, 0) is 62.4 Å². The molecule has 0 aliphatic carbocycles. The number of nitrogens with zero attached hydrogens (tertiary/aromatic N) is 2. The number of sulfonamides is 1. The maximum absolute atomic E-state index is 13.7. The summed E-state index contributed by atoms with van der Waals surface area (Å²) in [6.07, 6.45) is 0. The number of ether oxygens (including phenoxy) is 2. The van der Waals surface area contributed by atoms with Gasteiger partial charge in [0.05, 0.1) is 31.3 Å². The minimum Gasteiger partial charge on any atom is -0.497 e. The Hall–Kier alpha value is -3.78.